The van der Waals surface area contributed by atoms with Crippen LogP contribution in [0.25, 0.3) is 11.4 Å². The number of hydrogen-bond acceptors (Lipinski definition) is 4. The maximum Gasteiger partial charge on any atom is 0.182 e. The zero-order valence-corrected chi connectivity index (χ0v) is 10.7. The third kappa shape index (κ3) is 1.75. The molecule has 3 rings (SSSR count). The van der Waals surface area contributed by atoms with E-state index >= 15 is 0 Å². The first kappa shape index (κ1) is 11.2. The molecule has 1 aromatic carbocycles. The van der Waals surface area contributed by atoms with Crippen LogP contribution < -0.4 is 5.73 Å². The Morgan fingerprint density at radius 1 is 1.33 bits per heavy atom. The first-order valence-electron chi connectivity index (χ1n) is 6.29. The highest BCUT2D eigenvalue weighted by Crippen LogP contribution is 2.38. The Morgan fingerprint density at radius 3 is 2.78 bits per heavy atom. The van der Waals surface area contributed by atoms with Crippen molar-refractivity contribution >= 4 is 5.69 Å². The van der Waals surface area contributed by atoms with Gasteiger partial charge in [0.2, 0.25) is 0 Å². The van der Waals surface area contributed by atoms with E-state index in [9.17, 15) is 0 Å². The fraction of sp³-hybridized carbons (Fsp3) is 0.462. The van der Waals surface area contributed by atoms with E-state index in [2.05, 4.69) is 22.4 Å². The normalized spacial score (nSPS) is 22.8. The van der Waals surface area contributed by atoms with Gasteiger partial charge in [-0.1, -0.05) is 6.92 Å². The maximum absolute atomic E-state index is 5.78. The summed E-state index contributed by atoms with van der Waals surface area (Å²) in [4.78, 5) is 0. The molecule has 2 N–H and O–H groups in total. The van der Waals surface area contributed by atoms with Crippen molar-refractivity contribution in [1.29, 1.82) is 0 Å². The van der Waals surface area contributed by atoms with Crippen LogP contribution in [0.3, 0.4) is 0 Å². The van der Waals surface area contributed by atoms with Crippen molar-refractivity contribution in [2.75, 3.05) is 5.73 Å². The van der Waals surface area contributed by atoms with Gasteiger partial charge >= 0.3 is 0 Å². The molecule has 1 aliphatic rings. The first-order valence-corrected chi connectivity index (χ1v) is 6.29. The van der Waals surface area contributed by atoms with Crippen LogP contribution in [0.1, 0.15) is 31.4 Å². The molecule has 0 bridgehead atoms. The van der Waals surface area contributed by atoms with E-state index < -0.39 is 0 Å². The number of rotatable bonds is 2. The highest BCUT2D eigenvalue weighted by molar-refractivity contribution is 5.63. The fourth-order valence-corrected chi connectivity index (χ4v) is 2.61. The quantitative estimate of drug-likeness (QED) is 0.821. The number of nitrogens with zero attached hydrogens (tertiary/aromatic N) is 4. The van der Waals surface area contributed by atoms with Crippen LogP contribution >= 0.6 is 0 Å². The standard InChI is InChI=1S/C13H17N5/c1-8-5-11(6-8)18-13(15-16-17-18)12-4-3-10(14)7-9(12)2/h3-4,7-8,11H,5-6,14H2,1-2H3. The van der Waals surface area contributed by atoms with E-state index in [4.69, 9.17) is 5.73 Å². The molecule has 0 radical (unpaired) electrons. The number of tetrazole rings is 1. The van der Waals surface area contributed by atoms with Gasteiger partial charge in [-0.25, -0.2) is 4.68 Å². The zero-order chi connectivity index (χ0) is 12.7. The Balaban J connectivity index is 1.99. The average molecular weight is 243 g/mol. The van der Waals surface area contributed by atoms with Gasteiger partial charge in [0.15, 0.2) is 5.82 Å². The molecule has 0 unspecified atom stereocenters. The number of nitrogen functional groups attached to an aromatic ring is 1. The van der Waals surface area contributed by atoms with Gasteiger partial charge in [0.1, 0.15) is 0 Å². The Kier molecular flexibility index (Phi) is 2.54. The average Bonchev–Trinajstić information content (AvgIpc) is 2.73. The lowest BCUT2D eigenvalue weighted by molar-refractivity contribution is 0.199. The van der Waals surface area contributed by atoms with Crippen molar-refractivity contribution in [1.82, 2.24) is 20.2 Å². The Morgan fingerprint density at radius 2 is 2.11 bits per heavy atom. The molecule has 0 atom stereocenters. The van der Waals surface area contributed by atoms with E-state index in [0.717, 1.165) is 41.4 Å². The molecule has 18 heavy (non-hydrogen) atoms. The number of nitrogens with two attached hydrogens (primary N) is 1. The molecule has 0 aliphatic heterocycles. The summed E-state index contributed by atoms with van der Waals surface area (Å²) in [5, 5.41) is 12.1. The number of benzene rings is 1. The lowest BCUT2D eigenvalue weighted by Gasteiger charge is -2.32. The van der Waals surface area contributed by atoms with Gasteiger partial charge in [0.25, 0.3) is 0 Å². The predicted molar refractivity (Wildman–Crippen MR) is 69.8 cm³/mol. The number of aromatic nitrogens is 4. The lowest BCUT2D eigenvalue weighted by Crippen LogP contribution is -2.26. The predicted octanol–water partition coefficient (Wildman–Crippen LogP) is 2.20. The minimum Gasteiger partial charge on any atom is -0.399 e. The molecule has 2 aromatic rings. The molecule has 0 saturated heterocycles. The van der Waals surface area contributed by atoms with Crippen LogP contribution in [0.5, 0.6) is 0 Å². The smallest absolute Gasteiger partial charge is 0.182 e. The maximum atomic E-state index is 5.78. The van der Waals surface area contributed by atoms with Crippen molar-refractivity contribution in [2.45, 2.75) is 32.7 Å². The fourth-order valence-electron chi connectivity index (χ4n) is 2.61. The summed E-state index contributed by atoms with van der Waals surface area (Å²) in [6.45, 7) is 4.29. The summed E-state index contributed by atoms with van der Waals surface area (Å²) in [7, 11) is 0. The van der Waals surface area contributed by atoms with Gasteiger partial charge in [-0.2, -0.15) is 0 Å². The summed E-state index contributed by atoms with van der Waals surface area (Å²) in [6.07, 6.45) is 2.32. The van der Waals surface area contributed by atoms with Crippen molar-refractivity contribution < 1.29 is 0 Å². The molecule has 1 fully saturated rings. The Labute approximate surface area is 106 Å². The molecule has 1 saturated carbocycles. The van der Waals surface area contributed by atoms with Gasteiger partial charge in [-0.15, -0.1) is 5.10 Å². The van der Waals surface area contributed by atoms with Crippen LogP contribution in [-0.4, -0.2) is 20.2 Å². The van der Waals surface area contributed by atoms with Crippen molar-refractivity contribution in [3.63, 3.8) is 0 Å². The highest BCUT2D eigenvalue weighted by Gasteiger charge is 2.30. The van der Waals surface area contributed by atoms with Crippen LogP contribution in [-0.2, 0) is 0 Å². The summed E-state index contributed by atoms with van der Waals surface area (Å²) < 4.78 is 1.96. The van der Waals surface area contributed by atoms with Crippen LogP contribution in [0, 0.1) is 12.8 Å². The van der Waals surface area contributed by atoms with E-state index in [-0.39, 0.29) is 0 Å². The molecule has 1 aromatic heterocycles. The molecular weight excluding hydrogens is 226 g/mol. The zero-order valence-electron chi connectivity index (χ0n) is 10.7. The molecule has 5 heteroatoms. The van der Waals surface area contributed by atoms with Crippen molar-refractivity contribution in [3.05, 3.63) is 23.8 Å². The Bertz CT molecular complexity index is 569. The van der Waals surface area contributed by atoms with E-state index in [1.807, 2.05) is 29.8 Å². The van der Waals surface area contributed by atoms with Gasteiger partial charge in [0.05, 0.1) is 6.04 Å². The summed E-state index contributed by atoms with van der Waals surface area (Å²) in [6, 6.07) is 6.29. The minimum absolute atomic E-state index is 0.446. The number of hydrogen-bond donors (Lipinski definition) is 1. The SMILES string of the molecule is Cc1cc(N)ccc1-c1nnnn1C1CC(C)C1. The topological polar surface area (TPSA) is 69.6 Å². The third-order valence-electron chi connectivity index (χ3n) is 3.68. The largest absolute Gasteiger partial charge is 0.399 e. The number of anilines is 1. The molecule has 94 valence electrons. The van der Waals surface area contributed by atoms with Crippen molar-refractivity contribution in [3.8, 4) is 11.4 Å². The van der Waals surface area contributed by atoms with E-state index in [1.165, 1.54) is 0 Å². The second-order valence-electron chi connectivity index (χ2n) is 5.25. The first-order chi connectivity index (χ1) is 8.65. The number of aryl methyl sites for hydroxylation is 1. The molecular formula is C13H17N5. The van der Waals surface area contributed by atoms with Crippen LogP contribution in [0.2, 0.25) is 0 Å². The molecule has 1 aliphatic carbocycles. The third-order valence-corrected chi connectivity index (χ3v) is 3.68. The monoisotopic (exact) mass is 243 g/mol. The summed E-state index contributed by atoms with van der Waals surface area (Å²) in [5.74, 6) is 1.63. The van der Waals surface area contributed by atoms with E-state index in [1.54, 1.807) is 0 Å². The van der Waals surface area contributed by atoms with Gasteiger partial charge in [0, 0.05) is 11.3 Å². The minimum atomic E-state index is 0.446. The Hall–Kier alpha value is -1.91. The van der Waals surface area contributed by atoms with Crippen molar-refractivity contribution in [2.24, 2.45) is 5.92 Å². The van der Waals surface area contributed by atoms with Crippen LogP contribution in [0.4, 0.5) is 5.69 Å². The molecule has 0 amide bonds. The summed E-state index contributed by atoms with van der Waals surface area (Å²) >= 11 is 0. The van der Waals surface area contributed by atoms with Gasteiger partial charge in [-0.05, 0) is 59.9 Å². The van der Waals surface area contributed by atoms with Gasteiger partial charge in [-0.3, -0.25) is 0 Å². The molecule has 1 heterocycles. The van der Waals surface area contributed by atoms with Gasteiger partial charge < -0.3 is 5.73 Å². The van der Waals surface area contributed by atoms with Crippen LogP contribution in [0.15, 0.2) is 18.2 Å². The molecule has 0 spiro atoms. The molecule has 5 nitrogen and oxygen atoms in total. The highest BCUT2D eigenvalue weighted by atomic mass is 15.6. The second kappa shape index (κ2) is 4.08. The summed E-state index contributed by atoms with van der Waals surface area (Å²) in [5.41, 5.74) is 8.72. The van der Waals surface area contributed by atoms with E-state index in [0.29, 0.717) is 6.04 Å². The lowest BCUT2D eigenvalue weighted by atomic mass is 9.82. The second-order valence-corrected chi connectivity index (χ2v) is 5.25.